The third-order valence-corrected chi connectivity index (χ3v) is 2.20. The monoisotopic (exact) mass is 214 g/mol. The summed E-state index contributed by atoms with van der Waals surface area (Å²) in [6.07, 6.45) is 0. The first-order chi connectivity index (χ1) is 6.60. The number of carbonyl (C=O) groups is 1. The van der Waals surface area contributed by atoms with E-state index in [0.717, 1.165) is 5.56 Å². The Morgan fingerprint density at radius 2 is 2.00 bits per heavy atom. The molecule has 0 aliphatic heterocycles. The Morgan fingerprint density at radius 1 is 1.36 bits per heavy atom. The fourth-order valence-electron chi connectivity index (χ4n) is 1.14. The molecule has 0 saturated carbocycles. The van der Waals surface area contributed by atoms with E-state index in [0.29, 0.717) is 16.3 Å². The van der Waals surface area contributed by atoms with Gasteiger partial charge >= 0.3 is 5.97 Å². The Kier molecular flexibility index (Phi) is 3.36. The first kappa shape index (κ1) is 10.9. The largest absolute Gasteiger partial charge is 0.495 e. The van der Waals surface area contributed by atoms with Crippen LogP contribution >= 0.6 is 11.6 Å². The molecule has 0 atom stereocenters. The summed E-state index contributed by atoms with van der Waals surface area (Å²) in [6, 6.07) is 3.25. The van der Waals surface area contributed by atoms with Gasteiger partial charge in [0.25, 0.3) is 0 Å². The molecular formula is C10H11ClO3. The SMILES string of the molecule is COC(=O)c1cc(Cl)c(OC)cc1C. The number of carbonyl (C=O) groups excluding carboxylic acids is 1. The Balaban J connectivity index is 3.21. The third-order valence-electron chi connectivity index (χ3n) is 1.90. The Bertz CT molecular complexity index is 361. The molecule has 0 unspecified atom stereocenters. The van der Waals surface area contributed by atoms with E-state index in [2.05, 4.69) is 4.74 Å². The van der Waals surface area contributed by atoms with E-state index in [1.807, 2.05) is 0 Å². The highest BCUT2D eigenvalue weighted by Crippen LogP contribution is 2.27. The molecule has 3 nitrogen and oxygen atoms in total. The predicted molar refractivity (Wildman–Crippen MR) is 54.1 cm³/mol. The van der Waals surface area contributed by atoms with Crippen molar-refractivity contribution in [1.82, 2.24) is 0 Å². The van der Waals surface area contributed by atoms with Gasteiger partial charge in [-0.2, -0.15) is 0 Å². The quantitative estimate of drug-likeness (QED) is 0.710. The van der Waals surface area contributed by atoms with Crippen LogP contribution in [0.15, 0.2) is 12.1 Å². The molecule has 0 radical (unpaired) electrons. The fourth-order valence-corrected chi connectivity index (χ4v) is 1.38. The standard InChI is InChI=1S/C10H11ClO3/c1-6-4-9(13-2)8(11)5-7(6)10(12)14-3/h4-5H,1-3H3. The summed E-state index contributed by atoms with van der Waals surface area (Å²) >= 11 is 5.87. The van der Waals surface area contributed by atoms with Crippen molar-refractivity contribution in [2.24, 2.45) is 0 Å². The van der Waals surface area contributed by atoms with E-state index < -0.39 is 5.97 Å². The van der Waals surface area contributed by atoms with Crippen LogP contribution in [0.4, 0.5) is 0 Å². The maximum absolute atomic E-state index is 11.3. The van der Waals surface area contributed by atoms with Crippen molar-refractivity contribution in [3.05, 3.63) is 28.3 Å². The normalized spacial score (nSPS) is 9.71. The van der Waals surface area contributed by atoms with Crippen molar-refractivity contribution in [1.29, 1.82) is 0 Å². The van der Waals surface area contributed by atoms with E-state index in [4.69, 9.17) is 16.3 Å². The molecule has 0 N–H and O–H groups in total. The van der Waals surface area contributed by atoms with E-state index in [9.17, 15) is 4.79 Å². The summed E-state index contributed by atoms with van der Waals surface area (Å²) in [6.45, 7) is 1.80. The fraction of sp³-hybridized carbons (Fsp3) is 0.300. The minimum atomic E-state index is -0.396. The average Bonchev–Trinajstić information content (AvgIpc) is 2.19. The molecule has 0 aliphatic carbocycles. The van der Waals surface area contributed by atoms with Gasteiger partial charge < -0.3 is 9.47 Å². The second-order valence-corrected chi connectivity index (χ2v) is 3.20. The molecule has 0 aromatic heterocycles. The highest BCUT2D eigenvalue weighted by atomic mass is 35.5. The number of methoxy groups -OCH3 is 2. The zero-order valence-electron chi connectivity index (χ0n) is 8.26. The lowest BCUT2D eigenvalue weighted by Gasteiger charge is -2.08. The van der Waals surface area contributed by atoms with E-state index >= 15 is 0 Å². The smallest absolute Gasteiger partial charge is 0.338 e. The maximum atomic E-state index is 11.3. The molecule has 0 amide bonds. The van der Waals surface area contributed by atoms with E-state index in [-0.39, 0.29) is 0 Å². The van der Waals surface area contributed by atoms with Crippen molar-refractivity contribution in [3.63, 3.8) is 0 Å². The number of rotatable bonds is 2. The van der Waals surface area contributed by atoms with Crippen LogP contribution in [-0.2, 0) is 4.74 Å². The number of ether oxygens (including phenoxy) is 2. The minimum absolute atomic E-state index is 0.396. The Morgan fingerprint density at radius 3 is 2.50 bits per heavy atom. The molecule has 0 saturated heterocycles. The van der Waals surface area contributed by atoms with Crippen LogP contribution in [0.1, 0.15) is 15.9 Å². The molecule has 0 fully saturated rings. The van der Waals surface area contributed by atoms with Crippen molar-refractivity contribution >= 4 is 17.6 Å². The summed E-state index contributed by atoms with van der Waals surface area (Å²) in [5.41, 5.74) is 1.23. The van der Waals surface area contributed by atoms with Gasteiger partial charge in [-0.25, -0.2) is 4.79 Å². The molecule has 4 heteroatoms. The Labute approximate surface area is 87.6 Å². The molecule has 0 heterocycles. The van der Waals surface area contributed by atoms with Crippen molar-refractivity contribution in [2.75, 3.05) is 14.2 Å². The number of aryl methyl sites for hydroxylation is 1. The maximum Gasteiger partial charge on any atom is 0.338 e. The van der Waals surface area contributed by atoms with Crippen LogP contribution in [0.25, 0.3) is 0 Å². The summed E-state index contributed by atoms with van der Waals surface area (Å²) in [4.78, 5) is 11.3. The number of hydrogen-bond donors (Lipinski definition) is 0. The van der Waals surface area contributed by atoms with Gasteiger partial charge in [0.15, 0.2) is 0 Å². The van der Waals surface area contributed by atoms with Crippen molar-refractivity contribution in [2.45, 2.75) is 6.92 Å². The summed E-state index contributed by atoms with van der Waals surface area (Å²) in [7, 11) is 2.86. The van der Waals surface area contributed by atoms with E-state index in [1.54, 1.807) is 19.1 Å². The molecular weight excluding hydrogens is 204 g/mol. The van der Waals surface area contributed by atoms with Crippen molar-refractivity contribution < 1.29 is 14.3 Å². The summed E-state index contributed by atoms with van der Waals surface area (Å²) in [5.74, 6) is 0.156. The number of benzene rings is 1. The van der Waals surface area contributed by atoms with Gasteiger partial charge in [-0.1, -0.05) is 11.6 Å². The third kappa shape index (κ3) is 1.99. The summed E-state index contributed by atoms with van der Waals surface area (Å²) in [5, 5.41) is 0.401. The van der Waals surface area contributed by atoms with Gasteiger partial charge in [0.2, 0.25) is 0 Å². The van der Waals surface area contributed by atoms with Crippen LogP contribution in [0.3, 0.4) is 0 Å². The lowest BCUT2D eigenvalue weighted by Crippen LogP contribution is -2.04. The molecule has 0 bridgehead atoms. The molecule has 14 heavy (non-hydrogen) atoms. The number of halogens is 1. The molecule has 1 aromatic carbocycles. The van der Waals surface area contributed by atoms with Gasteiger partial charge in [-0.15, -0.1) is 0 Å². The highest BCUT2D eigenvalue weighted by molar-refractivity contribution is 6.32. The summed E-state index contributed by atoms with van der Waals surface area (Å²) < 4.78 is 9.62. The second-order valence-electron chi connectivity index (χ2n) is 2.79. The van der Waals surface area contributed by atoms with Crippen LogP contribution < -0.4 is 4.74 Å². The predicted octanol–water partition coefficient (Wildman–Crippen LogP) is 2.44. The number of hydrogen-bond acceptors (Lipinski definition) is 3. The molecule has 1 aromatic rings. The van der Waals surface area contributed by atoms with Gasteiger partial charge in [0, 0.05) is 0 Å². The zero-order valence-corrected chi connectivity index (χ0v) is 9.01. The zero-order chi connectivity index (χ0) is 10.7. The van der Waals surface area contributed by atoms with E-state index in [1.165, 1.54) is 14.2 Å². The highest BCUT2D eigenvalue weighted by Gasteiger charge is 2.12. The van der Waals surface area contributed by atoms with Crippen LogP contribution in [0.5, 0.6) is 5.75 Å². The van der Waals surface area contributed by atoms with Crippen LogP contribution in [0.2, 0.25) is 5.02 Å². The molecule has 76 valence electrons. The lowest BCUT2D eigenvalue weighted by atomic mass is 10.1. The molecule has 0 aliphatic rings. The number of esters is 1. The first-order valence-corrected chi connectivity index (χ1v) is 4.40. The van der Waals surface area contributed by atoms with Crippen LogP contribution in [0, 0.1) is 6.92 Å². The van der Waals surface area contributed by atoms with Gasteiger partial charge in [0.1, 0.15) is 5.75 Å². The van der Waals surface area contributed by atoms with Gasteiger partial charge in [-0.05, 0) is 24.6 Å². The Hall–Kier alpha value is -1.22. The minimum Gasteiger partial charge on any atom is -0.495 e. The lowest BCUT2D eigenvalue weighted by molar-refractivity contribution is 0.0600. The average molecular weight is 215 g/mol. The van der Waals surface area contributed by atoms with Crippen LogP contribution in [-0.4, -0.2) is 20.2 Å². The molecule has 0 spiro atoms. The van der Waals surface area contributed by atoms with Gasteiger partial charge in [-0.3, -0.25) is 0 Å². The first-order valence-electron chi connectivity index (χ1n) is 4.02. The molecule has 1 rings (SSSR count). The second kappa shape index (κ2) is 4.33. The van der Waals surface area contributed by atoms with Gasteiger partial charge in [0.05, 0.1) is 24.8 Å². The topological polar surface area (TPSA) is 35.5 Å². The van der Waals surface area contributed by atoms with Crippen molar-refractivity contribution in [3.8, 4) is 5.75 Å².